The highest BCUT2D eigenvalue weighted by Crippen LogP contribution is 2.28. The fourth-order valence-corrected chi connectivity index (χ4v) is 2.76. The monoisotopic (exact) mass is 324 g/mol. The lowest BCUT2D eigenvalue weighted by Gasteiger charge is -2.31. The predicted octanol–water partition coefficient (Wildman–Crippen LogP) is 3.00. The van der Waals surface area contributed by atoms with Gasteiger partial charge in [0.25, 0.3) is 5.92 Å². The lowest BCUT2D eigenvalue weighted by Crippen LogP contribution is -2.40. The van der Waals surface area contributed by atoms with Gasteiger partial charge in [-0.3, -0.25) is 0 Å². The van der Waals surface area contributed by atoms with E-state index >= 15 is 0 Å². The Morgan fingerprint density at radius 3 is 2.39 bits per heavy atom. The maximum atomic E-state index is 13.1. The van der Waals surface area contributed by atoms with Crippen molar-refractivity contribution >= 4 is 5.82 Å². The van der Waals surface area contributed by atoms with Crippen molar-refractivity contribution < 1.29 is 13.2 Å². The van der Waals surface area contributed by atoms with Crippen molar-refractivity contribution in [3.05, 3.63) is 36.3 Å². The zero-order valence-electron chi connectivity index (χ0n) is 12.7. The van der Waals surface area contributed by atoms with Crippen LogP contribution in [0.2, 0.25) is 0 Å². The van der Waals surface area contributed by atoms with Crippen LogP contribution in [0.1, 0.15) is 12.8 Å². The third-order valence-electron chi connectivity index (χ3n) is 4.25. The molecule has 4 nitrogen and oxygen atoms in total. The van der Waals surface area contributed by atoms with Gasteiger partial charge in [0, 0.05) is 38.0 Å². The number of nitrogen functional groups attached to an aromatic ring is 1. The highest BCUT2D eigenvalue weighted by Gasteiger charge is 2.33. The normalized spacial score (nSPS) is 18.2. The number of hydrogen-bond donors (Lipinski definition) is 1. The molecule has 0 unspecified atom stereocenters. The average molecular weight is 324 g/mol. The molecule has 124 valence electrons. The fraction of sp³-hybridized carbons (Fsp3) is 0.438. The van der Waals surface area contributed by atoms with Gasteiger partial charge in [0.1, 0.15) is 11.6 Å². The summed E-state index contributed by atoms with van der Waals surface area (Å²) in [5.41, 5.74) is 7.64. The van der Waals surface area contributed by atoms with Gasteiger partial charge in [0.15, 0.2) is 0 Å². The third-order valence-corrected chi connectivity index (χ3v) is 4.25. The molecule has 1 aliphatic rings. The minimum absolute atomic E-state index is 0.0948. The molecule has 1 aliphatic heterocycles. The number of hydrogen-bond acceptors (Lipinski definition) is 3. The van der Waals surface area contributed by atoms with Gasteiger partial charge in [0.05, 0.1) is 12.7 Å². The molecule has 0 aliphatic carbocycles. The van der Waals surface area contributed by atoms with Crippen LogP contribution < -0.4 is 5.73 Å². The van der Waals surface area contributed by atoms with E-state index in [4.69, 9.17) is 5.73 Å². The number of benzene rings is 1. The van der Waals surface area contributed by atoms with Gasteiger partial charge in [-0.05, 0) is 17.7 Å². The van der Waals surface area contributed by atoms with Crippen LogP contribution >= 0.6 is 0 Å². The molecule has 0 atom stereocenters. The summed E-state index contributed by atoms with van der Waals surface area (Å²) in [6.07, 6.45) is 1.46. The molecule has 0 bridgehead atoms. The molecule has 1 aromatic carbocycles. The second kappa shape index (κ2) is 6.23. The molecule has 0 amide bonds. The molecule has 0 radical (unpaired) electrons. The minimum Gasteiger partial charge on any atom is -0.383 e. The zero-order chi connectivity index (χ0) is 16.4. The summed E-state index contributed by atoms with van der Waals surface area (Å²) in [5, 5.41) is 4.25. The smallest absolute Gasteiger partial charge is 0.250 e. The van der Waals surface area contributed by atoms with E-state index in [9.17, 15) is 13.2 Å². The van der Waals surface area contributed by atoms with E-state index in [2.05, 4.69) is 5.10 Å². The number of aromatic nitrogens is 2. The van der Waals surface area contributed by atoms with E-state index in [0.717, 1.165) is 11.1 Å². The number of piperidine rings is 1. The number of halogens is 3. The molecule has 0 saturated carbocycles. The molecule has 0 spiro atoms. The van der Waals surface area contributed by atoms with Crippen molar-refractivity contribution in [2.75, 3.05) is 25.4 Å². The molecular weight excluding hydrogens is 305 g/mol. The number of nitrogens with two attached hydrogens (primary N) is 1. The highest BCUT2D eigenvalue weighted by atomic mass is 19.3. The van der Waals surface area contributed by atoms with Crippen LogP contribution in [0.4, 0.5) is 19.0 Å². The topological polar surface area (TPSA) is 47.1 Å². The molecule has 2 heterocycles. The Balaban J connectivity index is 1.63. The molecule has 7 heteroatoms. The maximum absolute atomic E-state index is 13.1. The first-order valence-corrected chi connectivity index (χ1v) is 7.62. The van der Waals surface area contributed by atoms with E-state index in [1.165, 1.54) is 12.1 Å². The predicted molar refractivity (Wildman–Crippen MR) is 82.7 cm³/mol. The number of likely N-dealkylation sites (tertiary alicyclic amines) is 1. The molecule has 3 rings (SSSR count). The third kappa shape index (κ3) is 3.67. The van der Waals surface area contributed by atoms with Crippen LogP contribution in [-0.2, 0) is 6.54 Å². The van der Waals surface area contributed by atoms with Crippen LogP contribution in [0.5, 0.6) is 0 Å². The Morgan fingerprint density at radius 1 is 1.09 bits per heavy atom. The number of anilines is 1. The summed E-state index contributed by atoms with van der Waals surface area (Å²) in [6.45, 7) is 1.95. The van der Waals surface area contributed by atoms with E-state index in [1.807, 2.05) is 4.90 Å². The second-order valence-corrected chi connectivity index (χ2v) is 5.87. The van der Waals surface area contributed by atoms with Crippen molar-refractivity contribution in [3.63, 3.8) is 0 Å². The van der Waals surface area contributed by atoms with E-state index in [-0.39, 0.29) is 18.7 Å². The lowest BCUT2D eigenvalue weighted by atomic mass is 10.1. The van der Waals surface area contributed by atoms with Gasteiger partial charge >= 0.3 is 0 Å². The standard InChI is InChI=1S/C16H19F3N4/c17-13-3-1-12(2-4-13)14-11-21-23(15(14)20)10-9-22-7-5-16(18,19)6-8-22/h1-4,11H,5-10,20H2. The summed E-state index contributed by atoms with van der Waals surface area (Å²) in [6, 6.07) is 6.06. The zero-order valence-corrected chi connectivity index (χ0v) is 12.7. The van der Waals surface area contributed by atoms with Gasteiger partial charge in [-0.15, -0.1) is 0 Å². The Morgan fingerprint density at radius 2 is 1.74 bits per heavy atom. The summed E-state index contributed by atoms with van der Waals surface area (Å²) in [7, 11) is 0. The number of alkyl halides is 2. The van der Waals surface area contributed by atoms with Crippen molar-refractivity contribution in [2.45, 2.75) is 25.3 Å². The molecule has 23 heavy (non-hydrogen) atoms. The van der Waals surface area contributed by atoms with Gasteiger partial charge in [-0.25, -0.2) is 17.9 Å². The summed E-state index contributed by atoms with van der Waals surface area (Å²) in [5.74, 6) is -2.34. The molecule has 2 aromatic rings. The Bertz CT molecular complexity index is 656. The molecule has 2 N–H and O–H groups in total. The van der Waals surface area contributed by atoms with Crippen LogP contribution in [0.3, 0.4) is 0 Å². The SMILES string of the molecule is Nc1c(-c2ccc(F)cc2)cnn1CCN1CCC(F)(F)CC1. The summed E-state index contributed by atoms with van der Waals surface area (Å²) in [4.78, 5) is 2.00. The molecule has 1 fully saturated rings. The first-order chi connectivity index (χ1) is 10.9. The van der Waals surface area contributed by atoms with Crippen molar-refractivity contribution in [3.8, 4) is 11.1 Å². The molecule has 1 aromatic heterocycles. The Kier molecular flexibility index (Phi) is 4.30. The van der Waals surface area contributed by atoms with Crippen LogP contribution in [-0.4, -0.2) is 40.2 Å². The van der Waals surface area contributed by atoms with E-state index in [0.29, 0.717) is 32.0 Å². The van der Waals surface area contributed by atoms with Crippen LogP contribution in [0.25, 0.3) is 11.1 Å². The van der Waals surface area contributed by atoms with E-state index in [1.54, 1.807) is 23.0 Å². The second-order valence-electron chi connectivity index (χ2n) is 5.87. The van der Waals surface area contributed by atoms with Gasteiger partial charge in [-0.1, -0.05) is 12.1 Å². The summed E-state index contributed by atoms with van der Waals surface area (Å²) < 4.78 is 40.9. The van der Waals surface area contributed by atoms with E-state index < -0.39 is 5.92 Å². The van der Waals surface area contributed by atoms with Crippen molar-refractivity contribution in [2.24, 2.45) is 0 Å². The minimum atomic E-state index is -2.53. The quantitative estimate of drug-likeness (QED) is 0.940. The van der Waals surface area contributed by atoms with Gasteiger partial charge < -0.3 is 10.6 Å². The number of rotatable bonds is 4. The fourth-order valence-electron chi connectivity index (χ4n) is 2.76. The average Bonchev–Trinajstić information content (AvgIpc) is 2.88. The maximum Gasteiger partial charge on any atom is 0.250 e. The van der Waals surface area contributed by atoms with Gasteiger partial charge in [0.2, 0.25) is 0 Å². The van der Waals surface area contributed by atoms with Crippen molar-refractivity contribution in [1.29, 1.82) is 0 Å². The lowest BCUT2D eigenvalue weighted by molar-refractivity contribution is -0.0555. The first-order valence-electron chi connectivity index (χ1n) is 7.62. The van der Waals surface area contributed by atoms with Crippen LogP contribution in [0.15, 0.2) is 30.5 Å². The summed E-state index contributed by atoms with van der Waals surface area (Å²) >= 11 is 0. The van der Waals surface area contributed by atoms with Gasteiger partial charge in [-0.2, -0.15) is 5.10 Å². The first kappa shape index (κ1) is 15.9. The Labute approximate surface area is 132 Å². The highest BCUT2D eigenvalue weighted by molar-refractivity contribution is 5.73. The van der Waals surface area contributed by atoms with Crippen LogP contribution in [0, 0.1) is 5.82 Å². The molecular formula is C16H19F3N4. The molecule has 1 saturated heterocycles. The van der Waals surface area contributed by atoms with Crippen molar-refractivity contribution in [1.82, 2.24) is 14.7 Å². The Hall–Kier alpha value is -2.02. The largest absolute Gasteiger partial charge is 0.383 e. The number of nitrogens with zero attached hydrogens (tertiary/aromatic N) is 3.